The maximum atomic E-state index is 13.6. The number of halogens is 1. The van der Waals surface area contributed by atoms with Crippen LogP contribution in [0.1, 0.15) is 28.5 Å². The summed E-state index contributed by atoms with van der Waals surface area (Å²) in [5, 5.41) is 0.839. The van der Waals surface area contributed by atoms with E-state index < -0.39 is 21.9 Å². The molecule has 0 spiro atoms. The quantitative estimate of drug-likeness (QED) is 0.415. The van der Waals surface area contributed by atoms with Crippen LogP contribution in [0.3, 0.4) is 0 Å². The van der Waals surface area contributed by atoms with Gasteiger partial charge in [0.1, 0.15) is 11.5 Å². The summed E-state index contributed by atoms with van der Waals surface area (Å²) in [6.07, 6.45) is 1.60. The summed E-state index contributed by atoms with van der Waals surface area (Å²) < 4.78 is 48.4. The number of aromatic nitrogens is 1. The minimum Gasteiger partial charge on any atom is -0.448 e. The molecule has 2 aromatic carbocycles. The first-order valence-electron chi connectivity index (χ1n) is 11.4. The molecule has 1 amide bonds. The zero-order valence-electron chi connectivity index (χ0n) is 19.5. The number of nitrogens with zero attached hydrogens (tertiary/aromatic N) is 3. The third-order valence-corrected chi connectivity index (χ3v) is 8.45. The number of sulfonamides is 1. The van der Waals surface area contributed by atoms with Crippen LogP contribution in [0.15, 0.2) is 76.2 Å². The van der Waals surface area contributed by atoms with Gasteiger partial charge in [0.25, 0.3) is 5.91 Å². The maximum absolute atomic E-state index is 13.6. The molecule has 3 heterocycles. The van der Waals surface area contributed by atoms with Crippen LogP contribution in [-0.4, -0.2) is 53.8 Å². The van der Waals surface area contributed by atoms with Gasteiger partial charge in [-0.3, -0.25) is 4.79 Å². The Bertz CT molecular complexity index is 1490. The largest absolute Gasteiger partial charge is 0.448 e. The summed E-state index contributed by atoms with van der Waals surface area (Å²) in [5.74, 6) is -0.665. The third kappa shape index (κ3) is 4.37. The second kappa shape index (κ2) is 8.98. The number of rotatable bonds is 5. The van der Waals surface area contributed by atoms with Crippen LogP contribution < -0.4 is 0 Å². The maximum Gasteiger partial charge on any atom is 0.270 e. The molecular formula is C26H26FN3O4S. The Hall–Kier alpha value is -3.43. The van der Waals surface area contributed by atoms with Crippen molar-refractivity contribution in [3.63, 3.8) is 0 Å². The zero-order chi connectivity index (χ0) is 24.7. The molecule has 0 N–H and O–H groups in total. The highest BCUT2D eigenvalue weighted by Crippen LogP contribution is 2.26. The average molecular weight is 496 g/mol. The predicted octanol–water partition coefficient (Wildman–Crippen LogP) is 4.27. The van der Waals surface area contributed by atoms with Crippen molar-refractivity contribution < 1.29 is 22.0 Å². The normalized spacial score (nSPS) is 17.2. The van der Waals surface area contributed by atoms with Crippen LogP contribution in [0.5, 0.6) is 0 Å². The summed E-state index contributed by atoms with van der Waals surface area (Å²) in [6.45, 7) is 4.93. The molecular weight excluding hydrogens is 469 g/mol. The molecule has 1 aliphatic heterocycles. The van der Waals surface area contributed by atoms with Crippen LogP contribution in [-0.2, 0) is 16.6 Å². The second-order valence-corrected chi connectivity index (χ2v) is 10.8. The van der Waals surface area contributed by atoms with Gasteiger partial charge >= 0.3 is 0 Å². The lowest BCUT2D eigenvalue weighted by molar-refractivity contribution is 0.0632. The molecule has 0 aliphatic carbocycles. The monoisotopic (exact) mass is 495 g/mol. The molecule has 0 radical (unpaired) electrons. The van der Waals surface area contributed by atoms with E-state index in [1.807, 2.05) is 41.8 Å². The lowest BCUT2D eigenvalue weighted by Gasteiger charge is -2.39. The van der Waals surface area contributed by atoms with Crippen LogP contribution in [0, 0.1) is 12.7 Å². The smallest absolute Gasteiger partial charge is 0.270 e. The van der Waals surface area contributed by atoms with E-state index in [1.54, 1.807) is 18.1 Å². The lowest BCUT2D eigenvalue weighted by atomic mass is 10.1. The number of aryl methyl sites for hydroxylation is 1. The number of hydrogen-bond donors (Lipinski definition) is 0. The van der Waals surface area contributed by atoms with Crippen molar-refractivity contribution in [2.45, 2.75) is 31.3 Å². The first kappa shape index (κ1) is 23.3. The van der Waals surface area contributed by atoms with Gasteiger partial charge in [0.15, 0.2) is 0 Å². The summed E-state index contributed by atoms with van der Waals surface area (Å²) in [7, 11) is -3.80. The number of fused-ring (bicyclic) bond motifs is 1. The fourth-order valence-electron chi connectivity index (χ4n) is 4.69. The number of benzene rings is 2. The van der Waals surface area contributed by atoms with Gasteiger partial charge in [-0.05, 0) is 55.8 Å². The Morgan fingerprint density at radius 1 is 1.09 bits per heavy atom. The molecule has 9 heteroatoms. The molecule has 0 bridgehead atoms. The SMILES string of the molecule is Cc1cccc(Cn2c(C(=O)N3CCN(S(=O)(=O)c4ccc(F)cc4)[C@H](C)C3)cc3ccoc32)c1. The van der Waals surface area contributed by atoms with Crippen LogP contribution >= 0.6 is 0 Å². The van der Waals surface area contributed by atoms with Crippen LogP contribution in [0.4, 0.5) is 4.39 Å². The summed E-state index contributed by atoms with van der Waals surface area (Å²) in [5.41, 5.74) is 3.31. The number of hydrogen-bond acceptors (Lipinski definition) is 4. The first-order valence-corrected chi connectivity index (χ1v) is 12.9. The van der Waals surface area contributed by atoms with Gasteiger partial charge < -0.3 is 13.9 Å². The van der Waals surface area contributed by atoms with E-state index in [-0.39, 0.29) is 30.4 Å². The minimum absolute atomic E-state index is 0.0397. The van der Waals surface area contributed by atoms with E-state index in [2.05, 4.69) is 6.07 Å². The Kier molecular flexibility index (Phi) is 5.98. The molecule has 35 heavy (non-hydrogen) atoms. The van der Waals surface area contributed by atoms with Crippen molar-refractivity contribution in [2.75, 3.05) is 19.6 Å². The fraction of sp³-hybridized carbons (Fsp3) is 0.269. The Morgan fingerprint density at radius 3 is 2.57 bits per heavy atom. The predicted molar refractivity (Wildman–Crippen MR) is 130 cm³/mol. The molecule has 4 aromatic rings. The van der Waals surface area contributed by atoms with E-state index in [9.17, 15) is 17.6 Å². The zero-order valence-corrected chi connectivity index (χ0v) is 20.3. The van der Waals surface area contributed by atoms with Crippen LogP contribution in [0.2, 0.25) is 0 Å². The highest BCUT2D eigenvalue weighted by molar-refractivity contribution is 7.89. The number of carbonyl (C=O) groups excluding carboxylic acids is 1. The van der Waals surface area contributed by atoms with Gasteiger partial charge in [0, 0.05) is 31.1 Å². The molecule has 2 aromatic heterocycles. The molecule has 0 unspecified atom stereocenters. The summed E-state index contributed by atoms with van der Waals surface area (Å²) in [4.78, 5) is 15.3. The highest BCUT2D eigenvalue weighted by atomic mass is 32.2. The first-order chi connectivity index (χ1) is 16.7. The standard InChI is InChI=1S/C26H26FN3O4S/c1-18-4-3-5-20(14-18)17-29-24(15-21-10-13-34-26(21)29)25(31)28-11-12-30(19(2)16-28)35(32,33)23-8-6-22(27)7-9-23/h3-10,13-15,19H,11-12,16-17H2,1-2H3/t19-/m1/s1. The van der Waals surface area contributed by atoms with Crippen molar-refractivity contribution in [2.24, 2.45) is 0 Å². The molecule has 182 valence electrons. The highest BCUT2D eigenvalue weighted by Gasteiger charge is 2.36. The Morgan fingerprint density at radius 2 is 1.86 bits per heavy atom. The van der Waals surface area contributed by atoms with E-state index in [0.717, 1.165) is 28.6 Å². The number of amides is 1. The van der Waals surface area contributed by atoms with E-state index in [1.165, 1.54) is 16.4 Å². The minimum atomic E-state index is -3.80. The molecule has 1 saturated heterocycles. The number of piperazine rings is 1. The van der Waals surface area contributed by atoms with Crippen molar-refractivity contribution >= 4 is 27.0 Å². The number of carbonyl (C=O) groups is 1. The van der Waals surface area contributed by atoms with Gasteiger partial charge in [-0.15, -0.1) is 0 Å². The van der Waals surface area contributed by atoms with Crippen LogP contribution in [0.25, 0.3) is 11.1 Å². The third-order valence-electron chi connectivity index (χ3n) is 6.42. The fourth-order valence-corrected chi connectivity index (χ4v) is 6.30. The van der Waals surface area contributed by atoms with Gasteiger partial charge in [-0.2, -0.15) is 4.31 Å². The van der Waals surface area contributed by atoms with Crippen molar-refractivity contribution in [1.29, 1.82) is 0 Å². The van der Waals surface area contributed by atoms with Gasteiger partial charge in [0.05, 0.1) is 17.7 Å². The van der Waals surface area contributed by atoms with E-state index in [4.69, 9.17) is 4.42 Å². The molecule has 7 nitrogen and oxygen atoms in total. The van der Waals surface area contributed by atoms with Crippen molar-refractivity contribution in [3.05, 3.63) is 89.6 Å². The van der Waals surface area contributed by atoms with Gasteiger partial charge in [-0.1, -0.05) is 29.8 Å². The average Bonchev–Trinajstić information content (AvgIpc) is 3.41. The number of furan rings is 1. The second-order valence-electron chi connectivity index (χ2n) is 8.96. The molecule has 0 saturated carbocycles. The lowest BCUT2D eigenvalue weighted by Crippen LogP contribution is -2.55. The topological polar surface area (TPSA) is 75.8 Å². The molecule has 1 atom stereocenters. The molecule has 1 aliphatic rings. The van der Waals surface area contributed by atoms with E-state index >= 15 is 0 Å². The Labute approximate surface area is 203 Å². The van der Waals surface area contributed by atoms with Gasteiger partial charge in [0.2, 0.25) is 15.7 Å². The Balaban J connectivity index is 1.39. The van der Waals surface area contributed by atoms with E-state index in [0.29, 0.717) is 18.0 Å². The summed E-state index contributed by atoms with van der Waals surface area (Å²) >= 11 is 0. The van der Waals surface area contributed by atoms with Gasteiger partial charge in [-0.25, -0.2) is 12.8 Å². The van der Waals surface area contributed by atoms with Crippen molar-refractivity contribution in [3.8, 4) is 0 Å². The molecule has 1 fully saturated rings. The van der Waals surface area contributed by atoms with Crippen molar-refractivity contribution in [1.82, 2.24) is 13.8 Å². The molecule has 5 rings (SSSR count). The summed E-state index contributed by atoms with van der Waals surface area (Å²) in [6, 6.07) is 16.1.